The summed E-state index contributed by atoms with van der Waals surface area (Å²) >= 11 is 2.89. The average molecular weight is 502 g/mol. The van der Waals surface area contributed by atoms with Gasteiger partial charge in [-0.3, -0.25) is 10.2 Å². The van der Waals surface area contributed by atoms with E-state index in [4.69, 9.17) is 10.1 Å². The highest BCUT2D eigenvalue weighted by Crippen LogP contribution is 2.34. The molecule has 1 amide bonds. The smallest absolute Gasteiger partial charge is 0.283 e. The highest BCUT2D eigenvalue weighted by atomic mass is 32.2. The molecule has 3 aromatic rings. The fourth-order valence-electron chi connectivity index (χ4n) is 4.03. The molecule has 5 rings (SSSR count). The van der Waals surface area contributed by atoms with Crippen molar-refractivity contribution >= 4 is 50.9 Å². The van der Waals surface area contributed by atoms with Gasteiger partial charge < -0.3 is 9.30 Å². The quantitative estimate of drug-likeness (QED) is 0.459. The topological polar surface area (TPSA) is 83.0 Å². The van der Waals surface area contributed by atoms with Crippen molar-refractivity contribution in [2.45, 2.75) is 19.6 Å². The molecule has 176 valence electrons. The van der Waals surface area contributed by atoms with E-state index in [2.05, 4.69) is 26.8 Å². The molecule has 0 saturated heterocycles. The van der Waals surface area contributed by atoms with Crippen LogP contribution >= 0.6 is 23.5 Å². The third-order valence-corrected chi connectivity index (χ3v) is 7.85. The Balaban J connectivity index is 1.42. The molecule has 3 heterocycles. The number of rotatable bonds is 5. The van der Waals surface area contributed by atoms with E-state index >= 15 is 0 Å². The zero-order valence-corrected chi connectivity index (χ0v) is 21.1. The average Bonchev–Trinajstić information content (AvgIpc) is 3.40. The van der Waals surface area contributed by atoms with Crippen LogP contribution in [-0.4, -0.2) is 38.0 Å². The zero-order valence-electron chi connectivity index (χ0n) is 19.5. The normalized spacial score (nSPS) is 16.4. The van der Waals surface area contributed by atoms with Gasteiger partial charge in [0.25, 0.3) is 5.91 Å². The van der Waals surface area contributed by atoms with Crippen molar-refractivity contribution in [2.75, 3.05) is 7.11 Å². The molecule has 0 aliphatic carbocycles. The molecule has 7 nitrogen and oxygen atoms in total. The van der Waals surface area contributed by atoms with E-state index < -0.39 is 5.91 Å². The maximum absolute atomic E-state index is 12.9. The minimum atomic E-state index is -0.430. The lowest BCUT2D eigenvalue weighted by molar-refractivity contribution is -0.114. The molecule has 9 heteroatoms. The van der Waals surface area contributed by atoms with Crippen molar-refractivity contribution in [1.29, 1.82) is 5.41 Å². The first-order valence-corrected chi connectivity index (χ1v) is 12.8. The number of nitrogens with one attached hydrogen (secondary N) is 1. The lowest BCUT2D eigenvalue weighted by atomic mass is 10.1. The van der Waals surface area contributed by atoms with Crippen LogP contribution in [0, 0.1) is 19.3 Å². The number of amidine groups is 2. The van der Waals surface area contributed by atoms with Gasteiger partial charge in [0.2, 0.25) is 5.17 Å². The SMILES string of the molecule is COc1ccccc1-n1c(C)cc(C=C2C(=N)N3N=C(SCc4ccccc4)SC3=NC2=O)c1C. The first-order valence-electron chi connectivity index (χ1n) is 11.0. The summed E-state index contributed by atoms with van der Waals surface area (Å²) < 4.78 is 8.39. The Morgan fingerprint density at radius 2 is 1.86 bits per heavy atom. The van der Waals surface area contributed by atoms with Crippen molar-refractivity contribution in [1.82, 2.24) is 9.58 Å². The van der Waals surface area contributed by atoms with Gasteiger partial charge in [0.05, 0.1) is 18.4 Å². The molecule has 0 saturated carbocycles. The molecule has 0 atom stereocenters. The molecule has 0 bridgehead atoms. The van der Waals surface area contributed by atoms with E-state index in [1.807, 2.05) is 62.4 Å². The van der Waals surface area contributed by atoms with Gasteiger partial charge in [0, 0.05) is 17.1 Å². The van der Waals surface area contributed by atoms with Crippen LogP contribution in [0.4, 0.5) is 0 Å². The number of methoxy groups -OCH3 is 1. The maximum atomic E-state index is 12.9. The fraction of sp³-hybridized carbons (Fsp3) is 0.154. The molecule has 0 radical (unpaired) electrons. The number of fused-ring (bicyclic) bond motifs is 1. The number of amides is 1. The number of carbonyl (C=O) groups excluding carboxylic acids is 1. The summed E-state index contributed by atoms with van der Waals surface area (Å²) in [4.78, 5) is 17.1. The van der Waals surface area contributed by atoms with E-state index in [0.29, 0.717) is 5.17 Å². The van der Waals surface area contributed by atoms with Gasteiger partial charge in [-0.1, -0.05) is 54.2 Å². The molecule has 0 unspecified atom stereocenters. The standard InChI is InChI=1S/C26H23N5O2S2/c1-16-13-19(17(2)30(16)21-11-7-8-12-22(21)33-3)14-20-23(27)31-25(28-24(20)32)35-26(29-31)34-15-18-9-5-4-6-10-18/h4-14,27H,15H2,1-3H3. The minimum absolute atomic E-state index is 0.0323. The summed E-state index contributed by atoms with van der Waals surface area (Å²) in [5, 5.41) is 15.1. The molecule has 2 aromatic carbocycles. The molecule has 2 aliphatic heterocycles. The van der Waals surface area contributed by atoms with Crippen molar-refractivity contribution in [3.05, 3.63) is 88.8 Å². The highest BCUT2D eigenvalue weighted by Gasteiger charge is 2.36. The lowest BCUT2D eigenvalue weighted by Gasteiger charge is -2.20. The van der Waals surface area contributed by atoms with Crippen LogP contribution in [0.3, 0.4) is 0 Å². The van der Waals surface area contributed by atoms with Gasteiger partial charge in [0.1, 0.15) is 5.75 Å². The molecular weight excluding hydrogens is 478 g/mol. The maximum Gasteiger partial charge on any atom is 0.283 e. The van der Waals surface area contributed by atoms with Gasteiger partial charge in [-0.15, -0.1) is 5.10 Å². The van der Waals surface area contributed by atoms with Crippen LogP contribution < -0.4 is 4.74 Å². The van der Waals surface area contributed by atoms with Crippen molar-refractivity contribution in [3.8, 4) is 11.4 Å². The van der Waals surface area contributed by atoms with Crippen molar-refractivity contribution < 1.29 is 9.53 Å². The number of aryl methyl sites for hydroxylation is 1. The fourth-order valence-corrected chi connectivity index (χ4v) is 5.91. The summed E-state index contributed by atoms with van der Waals surface area (Å²) in [7, 11) is 1.65. The zero-order chi connectivity index (χ0) is 24.5. The highest BCUT2D eigenvalue weighted by molar-refractivity contribution is 8.45. The Hall–Kier alpha value is -3.56. The number of hydrazone groups is 1. The second kappa shape index (κ2) is 9.59. The Kier molecular flexibility index (Phi) is 6.36. The number of aliphatic imine (C=N–C) groups is 1. The Labute approximate surface area is 212 Å². The second-order valence-corrected chi connectivity index (χ2v) is 10.2. The van der Waals surface area contributed by atoms with E-state index in [0.717, 1.165) is 38.5 Å². The van der Waals surface area contributed by atoms with Gasteiger partial charge in [-0.25, -0.2) is 0 Å². The Morgan fingerprint density at radius 3 is 2.63 bits per heavy atom. The minimum Gasteiger partial charge on any atom is -0.495 e. The first kappa shape index (κ1) is 23.2. The monoisotopic (exact) mass is 501 g/mol. The van der Waals surface area contributed by atoms with Gasteiger partial charge in [-0.2, -0.15) is 10.0 Å². The molecule has 1 N–H and O–H groups in total. The summed E-state index contributed by atoms with van der Waals surface area (Å²) in [6.45, 7) is 3.99. The van der Waals surface area contributed by atoms with Crippen LogP contribution in [0.2, 0.25) is 0 Å². The van der Waals surface area contributed by atoms with E-state index in [1.165, 1.54) is 22.3 Å². The number of benzene rings is 2. The second-order valence-electron chi connectivity index (χ2n) is 7.99. The number of aromatic nitrogens is 1. The Morgan fingerprint density at radius 1 is 1.11 bits per heavy atom. The molecule has 1 aromatic heterocycles. The number of ether oxygens (including phenoxy) is 1. The summed E-state index contributed by atoms with van der Waals surface area (Å²) in [5.41, 5.74) is 5.09. The van der Waals surface area contributed by atoms with E-state index in [1.54, 1.807) is 24.9 Å². The van der Waals surface area contributed by atoms with Crippen LogP contribution in [0.5, 0.6) is 5.75 Å². The Bertz CT molecular complexity index is 1420. The molecule has 0 fully saturated rings. The molecule has 2 aliphatic rings. The molecule has 35 heavy (non-hydrogen) atoms. The van der Waals surface area contributed by atoms with Crippen LogP contribution in [0.25, 0.3) is 11.8 Å². The third kappa shape index (κ3) is 4.44. The first-order chi connectivity index (χ1) is 17.0. The van der Waals surface area contributed by atoms with Crippen molar-refractivity contribution in [3.63, 3.8) is 0 Å². The number of hydrogen-bond acceptors (Lipinski definition) is 6. The largest absolute Gasteiger partial charge is 0.495 e. The molecular formula is C26H23N5O2S2. The lowest BCUT2D eigenvalue weighted by Crippen LogP contribution is -2.35. The number of para-hydroxylation sites is 2. The number of carbonyl (C=O) groups is 1. The third-order valence-electron chi connectivity index (χ3n) is 5.74. The number of thioether (sulfide) groups is 2. The summed E-state index contributed by atoms with van der Waals surface area (Å²) in [6.07, 6.45) is 1.73. The summed E-state index contributed by atoms with van der Waals surface area (Å²) in [6, 6.07) is 19.9. The summed E-state index contributed by atoms with van der Waals surface area (Å²) in [5.74, 6) is 1.12. The molecule has 0 spiro atoms. The van der Waals surface area contributed by atoms with Gasteiger partial charge in [0.15, 0.2) is 10.2 Å². The van der Waals surface area contributed by atoms with E-state index in [9.17, 15) is 4.79 Å². The van der Waals surface area contributed by atoms with Gasteiger partial charge in [-0.05, 0) is 61.0 Å². The number of nitrogens with zero attached hydrogens (tertiary/aromatic N) is 4. The van der Waals surface area contributed by atoms with E-state index in [-0.39, 0.29) is 11.4 Å². The predicted molar refractivity (Wildman–Crippen MR) is 145 cm³/mol. The van der Waals surface area contributed by atoms with Gasteiger partial charge >= 0.3 is 0 Å². The van der Waals surface area contributed by atoms with Crippen LogP contribution in [-0.2, 0) is 10.5 Å². The number of hydrogen-bond donors (Lipinski definition) is 1. The van der Waals surface area contributed by atoms with Crippen LogP contribution in [0.1, 0.15) is 22.5 Å². The predicted octanol–water partition coefficient (Wildman–Crippen LogP) is 5.61. The van der Waals surface area contributed by atoms with Crippen molar-refractivity contribution in [2.24, 2.45) is 10.1 Å². The van der Waals surface area contributed by atoms with Crippen LogP contribution in [0.15, 0.2) is 76.3 Å².